The zero-order valence-corrected chi connectivity index (χ0v) is 10.7. The Balaban J connectivity index is 2.76. The van der Waals surface area contributed by atoms with E-state index < -0.39 is 0 Å². The van der Waals surface area contributed by atoms with Crippen molar-refractivity contribution in [3.63, 3.8) is 0 Å². The molecule has 1 atom stereocenters. The lowest BCUT2D eigenvalue weighted by atomic mass is 9.81. The number of hydrogen-bond acceptors (Lipinski definition) is 2. The van der Waals surface area contributed by atoms with Crippen LogP contribution in [0.5, 0.6) is 0 Å². The van der Waals surface area contributed by atoms with Gasteiger partial charge < -0.3 is 0 Å². The third-order valence-corrected chi connectivity index (χ3v) is 3.43. The van der Waals surface area contributed by atoms with Gasteiger partial charge in [0, 0.05) is 6.20 Å². The largest absolute Gasteiger partial charge is 0.268 e. The fourth-order valence-corrected chi connectivity index (χ4v) is 1.81. The average Bonchev–Trinajstić information content (AvgIpc) is 2.73. The van der Waals surface area contributed by atoms with Gasteiger partial charge in [0.25, 0.3) is 0 Å². The highest BCUT2D eigenvalue weighted by Crippen LogP contribution is 2.35. The minimum absolute atomic E-state index is 0.217. The first-order valence-electron chi connectivity index (χ1n) is 5.95. The first-order valence-corrected chi connectivity index (χ1v) is 5.95. The number of nitrogens with zero attached hydrogens (tertiary/aromatic N) is 3. The summed E-state index contributed by atoms with van der Waals surface area (Å²) in [6.07, 6.45) is 7.11. The van der Waals surface area contributed by atoms with E-state index in [1.807, 2.05) is 10.9 Å². The van der Waals surface area contributed by atoms with E-state index in [1.54, 1.807) is 6.20 Å². The summed E-state index contributed by atoms with van der Waals surface area (Å²) in [4.78, 5) is 0. The second kappa shape index (κ2) is 5.16. The zero-order chi connectivity index (χ0) is 12.2. The van der Waals surface area contributed by atoms with Crippen LogP contribution in [-0.4, -0.2) is 9.78 Å². The van der Waals surface area contributed by atoms with Crippen molar-refractivity contribution in [2.24, 2.45) is 5.41 Å². The number of aromatic nitrogens is 2. The van der Waals surface area contributed by atoms with Crippen LogP contribution >= 0.6 is 0 Å². The summed E-state index contributed by atoms with van der Waals surface area (Å²) in [5, 5.41) is 13.0. The van der Waals surface area contributed by atoms with Crippen LogP contribution in [0, 0.1) is 16.7 Å². The average molecular weight is 219 g/mol. The molecule has 0 saturated carbocycles. The van der Waals surface area contributed by atoms with Gasteiger partial charge in [-0.2, -0.15) is 10.4 Å². The second-order valence-electron chi connectivity index (χ2n) is 5.09. The van der Waals surface area contributed by atoms with E-state index >= 15 is 0 Å². The molecule has 0 bridgehead atoms. The molecule has 0 aliphatic heterocycles. The Bertz CT molecular complexity index is 371. The molecule has 88 valence electrons. The van der Waals surface area contributed by atoms with Gasteiger partial charge in [-0.15, -0.1) is 0 Å². The molecular weight excluding hydrogens is 198 g/mol. The SMILES string of the molecule is CCCCC(C)(C)[C@@H](C)n1cc(C#N)cn1. The normalized spacial score (nSPS) is 13.4. The monoisotopic (exact) mass is 219 g/mol. The minimum Gasteiger partial charge on any atom is -0.268 e. The molecule has 3 nitrogen and oxygen atoms in total. The van der Waals surface area contributed by atoms with Gasteiger partial charge in [0.15, 0.2) is 0 Å². The van der Waals surface area contributed by atoms with Gasteiger partial charge in [-0.05, 0) is 18.8 Å². The van der Waals surface area contributed by atoms with Crippen LogP contribution in [0.4, 0.5) is 0 Å². The zero-order valence-electron chi connectivity index (χ0n) is 10.7. The Morgan fingerprint density at radius 3 is 2.75 bits per heavy atom. The van der Waals surface area contributed by atoms with E-state index in [9.17, 15) is 0 Å². The lowest BCUT2D eigenvalue weighted by molar-refractivity contribution is 0.196. The van der Waals surface area contributed by atoms with Crippen molar-refractivity contribution in [1.29, 1.82) is 5.26 Å². The third-order valence-electron chi connectivity index (χ3n) is 3.43. The minimum atomic E-state index is 0.217. The highest BCUT2D eigenvalue weighted by molar-refractivity contribution is 5.21. The molecule has 0 aliphatic rings. The molecule has 1 rings (SSSR count). The van der Waals surface area contributed by atoms with Crippen molar-refractivity contribution < 1.29 is 0 Å². The van der Waals surface area contributed by atoms with Crippen molar-refractivity contribution in [2.75, 3.05) is 0 Å². The Hall–Kier alpha value is -1.30. The van der Waals surface area contributed by atoms with Gasteiger partial charge in [-0.3, -0.25) is 4.68 Å². The van der Waals surface area contributed by atoms with E-state index in [-0.39, 0.29) is 5.41 Å². The van der Waals surface area contributed by atoms with Crippen LogP contribution in [0.3, 0.4) is 0 Å². The lowest BCUT2D eigenvalue weighted by Crippen LogP contribution is -2.25. The Morgan fingerprint density at radius 2 is 2.25 bits per heavy atom. The summed E-state index contributed by atoms with van der Waals surface area (Å²) in [6.45, 7) is 8.91. The van der Waals surface area contributed by atoms with E-state index in [0.29, 0.717) is 11.6 Å². The molecular formula is C13H21N3. The number of rotatable bonds is 5. The van der Waals surface area contributed by atoms with Gasteiger partial charge in [-0.25, -0.2) is 0 Å². The van der Waals surface area contributed by atoms with Crippen molar-refractivity contribution >= 4 is 0 Å². The highest BCUT2D eigenvalue weighted by atomic mass is 15.3. The number of nitriles is 1. The van der Waals surface area contributed by atoms with Crippen molar-refractivity contribution in [3.05, 3.63) is 18.0 Å². The molecule has 0 saturated heterocycles. The Labute approximate surface area is 98.1 Å². The molecule has 0 aromatic carbocycles. The lowest BCUT2D eigenvalue weighted by Gasteiger charge is -2.32. The maximum atomic E-state index is 8.77. The van der Waals surface area contributed by atoms with Crippen LogP contribution in [0.15, 0.2) is 12.4 Å². The fraction of sp³-hybridized carbons (Fsp3) is 0.692. The summed E-state index contributed by atoms with van der Waals surface area (Å²) in [5.41, 5.74) is 0.854. The van der Waals surface area contributed by atoms with E-state index in [4.69, 9.17) is 5.26 Å². The first kappa shape index (κ1) is 12.8. The van der Waals surface area contributed by atoms with E-state index in [1.165, 1.54) is 19.3 Å². The molecule has 0 unspecified atom stereocenters. The molecule has 1 heterocycles. The summed E-state index contributed by atoms with van der Waals surface area (Å²) < 4.78 is 1.91. The van der Waals surface area contributed by atoms with Gasteiger partial charge in [-0.1, -0.05) is 33.6 Å². The van der Waals surface area contributed by atoms with E-state index in [2.05, 4.69) is 38.9 Å². The quantitative estimate of drug-likeness (QED) is 0.760. The summed E-state index contributed by atoms with van der Waals surface area (Å²) >= 11 is 0. The number of unbranched alkanes of at least 4 members (excludes halogenated alkanes) is 1. The van der Waals surface area contributed by atoms with E-state index in [0.717, 1.165) is 0 Å². The molecule has 1 aromatic heterocycles. The number of hydrogen-bond donors (Lipinski definition) is 0. The molecule has 0 radical (unpaired) electrons. The first-order chi connectivity index (χ1) is 7.51. The van der Waals surface area contributed by atoms with Crippen LogP contribution in [0.1, 0.15) is 58.6 Å². The van der Waals surface area contributed by atoms with Crippen molar-refractivity contribution in [1.82, 2.24) is 9.78 Å². The smallest absolute Gasteiger partial charge is 0.102 e. The molecule has 0 fully saturated rings. The summed E-state index contributed by atoms with van der Waals surface area (Å²) in [6, 6.07) is 2.43. The van der Waals surface area contributed by atoms with Crippen LogP contribution in [0.25, 0.3) is 0 Å². The predicted molar refractivity (Wildman–Crippen MR) is 65.0 cm³/mol. The standard InChI is InChI=1S/C13H21N3/c1-5-6-7-13(3,4)11(2)16-10-12(8-14)9-15-16/h9-11H,5-7H2,1-4H3/t11-/m1/s1. The second-order valence-corrected chi connectivity index (χ2v) is 5.09. The van der Waals surface area contributed by atoms with Crippen LogP contribution < -0.4 is 0 Å². The maximum Gasteiger partial charge on any atom is 0.102 e. The molecule has 3 heteroatoms. The topological polar surface area (TPSA) is 41.6 Å². The Morgan fingerprint density at radius 1 is 1.56 bits per heavy atom. The Kier molecular flexibility index (Phi) is 4.12. The molecule has 0 aliphatic carbocycles. The van der Waals surface area contributed by atoms with Gasteiger partial charge >= 0.3 is 0 Å². The molecule has 0 spiro atoms. The molecule has 0 amide bonds. The summed E-state index contributed by atoms with van der Waals surface area (Å²) in [5.74, 6) is 0. The van der Waals surface area contributed by atoms with Gasteiger partial charge in [0.2, 0.25) is 0 Å². The summed E-state index contributed by atoms with van der Waals surface area (Å²) in [7, 11) is 0. The predicted octanol–water partition coefficient (Wildman–Crippen LogP) is 3.53. The highest BCUT2D eigenvalue weighted by Gasteiger charge is 2.27. The molecule has 1 aromatic rings. The third kappa shape index (κ3) is 2.85. The van der Waals surface area contributed by atoms with Crippen LogP contribution in [0.2, 0.25) is 0 Å². The van der Waals surface area contributed by atoms with Crippen molar-refractivity contribution in [2.45, 2.75) is 53.0 Å². The maximum absolute atomic E-state index is 8.77. The molecule has 16 heavy (non-hydrogen) atoms. The van der Waals surface area contributed by atoms with Crippen LogP contribution in [-0.2, 0) is 0 Å². The van der Waals surface area contributed by atoms with Crippen molar-refractivity contribution in [3.8, 4) is 6.07 Å². The van der Waals surface area contributed by atoms with Gasteiger partial charge in [0.1, 0.15) is 6.07 Å². The molecule has 0 N–H and O–H groups in total. The van der Waals surface area contributed by atoms with Gasteiger partial charge in [0.05, 0.1) is 17.8 Å². The fourth-order valence-electron chi connectivity index (χ4n) is 1.81.